The summed E-state index contributed by atoms with van der Waals surface area (Å²) in [6.45, 7) is 1.24. The quantitative estimate of drug-likeness (QED) is 0.173. The average molecular weight is 513 g/mol. The smallest absolute Gasteiger partial charge is 0.316 e. The summed E-state index contributed by atoms with van der Waals surface area (Å²) in [7, 11) is -2.87. The molecular weight excluding hydrogens is 477 g/mol. The van der Waals surface area contributed by atoms with Crippen molar-refractivity contribution in [3.8, 4) is 0 Å². The van der Waals surface area contributed by atoms with E-state index in [1.807, 2.05) is 12.1 Å². The number of pyridine rings is 1. The Labute approximate surface area is 206 Å². The largest absolute Gasteiger partial charge is 0.326 e. The van der Waals surface area contributed by atoms with E-state index in [0.717, 1.165) is 37.9 Å². The van der Waals surface area contributed by atoms with Gasteiger partial charge in [-0.3, -0.25) is 9.55 Å². The molecule has 34 heavy (non-hydrogen) atoms. The predicted molar refractivity (Wildman–Crippen MR) is 133 cm³/mol. The molecule has 1 aromatic carbocycles. The maximum Gasteiger partial charge on any atom is 0.316 e. The highest BCUT2D eigenvalue weighted by Crippen LogP contribution is 2.43. The van der Waals surface area contributed by atoms with Crippen LogP contribution in [0.15, 0.2) is 41.4 Å². The molecule has 1 heterocycles. The average Bonchev–Trinajstić information content (AvgIpc) is 2.83. The van der Waals surface area contributed by atoms with E-state index in [4.69, 9.17) is 4.89 Å². The highest BCUT2D eigenvalue weighted by Gasteiger charge is 2.33. The van der Waals surface area contributed by atoms with Gasteiger partial charge in [-0.25, -0.2) is 8.78 Å². The Morgan fingerprint density at radius 2 is 1.88 bits per heavy atom. The maximum absolute atomic E-state index is 14.5. The first-order valence-electron chi connectivity index (χ1n) is 12.1. The van der Waals surface area contributed by atoms with Crippen LogP contribution in [-0.4, -0.2) is 28.8 Å². The number of rotatable bonds is 14. The van der Waals surface area contributed by atoms with Crippen LogP contribution in [0.5, 0.6) is 0 Å². The van der Waals surface area contributed by atoms with Gasteiger partial charge in [-0.2, -0.15) is 0 Å². The molecule has 188 valence electrons. The molecule has 2 N–H and O–H groups in total. The van der Waals surface area contributed by atoms with E-state index < -0.39 is 8.25 Å². The van der Waals surface area contributed by atoms with Gasteiger partial charge in [0.1, 0.15) is 11.6 Å². The van der Waals surface area contributed by atoms with Gasteiger partial charge in [0, 0.05) is 12.7 Å². The molecule has 1 aliphatic rings. The fourth-order valence-corrected chi connectivity index (χ4v) is 5.91. The molecule has 5 nitrogen and oxygen atoms in total. The summed E-state index contributed by atoms with van der Waals surface area (Å²) >= 11 is 1.50. The number of aromatic nitrogens is 1. The zero-order chi connectivity index (χ0) is 24.2. The summed E-state index contributed by atoms with van der Waals surface area (Å²) in [5.41, 5.74) is 2.04. The Morgan fingerprint density at radius 1 is 1.12 bits per heavy atom. The molecule has 1 atom stereocenters. The van der Waals surface area contributed by atoms with E-state index >= 15 is 0 Å². The Kier molecular flexibility index (Phi) is 11.5. The maximum atomic E-state index is 14.5. The van der Waals surface area contributed by atoms with Gasteiger partial charge in [-0.1, -0.05) is 37.8 Å². The van der Waals surface area contributed by atoms with Crippen LogP contribution in [0.2, 0.25) is 0 Å². The van der Waals surface area contributed by atoms with Gasteiger partial charge in [0.2, 0.25) is 0 Å². The molecule has 0 saturated heterocycles. The van der Waals surface area contributed by atoms with Crippen LogP contribution in [0.1, 0.15) is 69.0 Å². The Hall–Kier alpha value is -1.31. The summed E-state index contributed by atoms with van der Waals surface area (Å²) in [4.78, 5) is 13.5. The number of hydrogen-bond donors (Lipinski definition) is 2. The van der Waals surface area contributed by atoms with E-state index in [9.17, 15) is 13.3 Å². The molecule has 0 spiro atoms. The lowest BCUT2D eigenvalue weighted by molar-refractivity contribution is 0.267. The topological polar surface area (TPSA) is 71.5 Å². The van der Waals surface area contributed by atoms with Crippen molar-refractivity contribution < 1.29 is 22.8 Å². The highest BCUT2D eigenvalue weighted by atomic mass is 32.2. The molecule has 3 rings (SSSR count). The summed E-state index contributed by atoms with van der Waals surface area (Å²) < 4.78 is 43.0. The molecule has 0 radical (unpaired) electrons. The number of nitrogens with zero attached hydrogens (tertiary/aromatic N) is 1. The summed E-state index contributed by atoms with van der Waals surface area (Å²) in [6, 6.07) is 8.53. The van der Waals surface area contributed by atoms with Crippen LogP contribution in [0.3, 0.4) is 0 Å². The third-order valence-corrected chi connectivity index (χ3v) is 8.04. The number of hydrogen-bond acceptors (Lipinski definition) is 5. The molecular formula is C25H35F2N2O3PS. The van der Waals surface area contributed by atoms with Crippen molar-refractivity contribution in [1.82, 2.24) is 10.3 Å². The minimum absolute atomic E-state index is 0.153. The lowest BCUT2D eigenvalue weighted by atomic mass is 9.67. The van der Waals surface area contributed by atoms with Crippen molar-refractivity contribution in [2.24, 2.45) is 0 Å². The fraction of sp³-hybridized carbons (Fsp3) is 0.560. The molecule has 1 fully saturated rings. The standard InChI is InChI=1S/C25H35F2N2O3PS/c26-21-9-7-20(8-10-21)25(11-2-1-3-12-25)13-4-5-16-34-24-19-29-22(17-23(24)27)18-28-14-6-15-32-33(30)31/h7-10,17,19,28,33H,1-6,11-16,18H2,(H,30,31). The van der Waals surface area contributed by atoms with Crippen molar-refractivity contribution >= 4 is 20.0 Å². The van der Waals surface area contributed by atoms with Crippen LogP contribution < -0.4 is 5.32 Å². The molecule has 1 aromatic heterocycles. The second-order valence-electron chi connectivity index (χ2n) is 8.90. The van der Waals surface area contributed by atoms with E-state index in [-0.39, 0.29) is 23.7 Å². The van der Waals surface area contributed by atoms with Crippen molar-refractivity contribution in [1.29, 1.82) is 0 Å². The summed E-state index contributed by atoms with van der Waals surface area (Å²) in [6.07, 6.45) is 11.4. The van der Waals surface area contributed by atoms with Gasteiger partial charge in [0.15, 0.2) is 0 Å². The third kappa shape index (κ3) is 8.72. The number of benzene rings is 1. The molecule has 1 aliphatic carbocycles. The Bertz CT molecular complexity index is 912. The second-order valence-corrected chi connectivity index (χ2v) is 10.9. The molecule has 0 amide bonds. The highest BCUT2D eigenvalue weighted by molar-refractivity contribution is 7.99. The first-order valence-corrected chi connectivity index (χ1v) is 14.3. The number of halogens is 2. The van der Waals surface area contributed by atoms with Gasteiger partial charge in [0.25, 0.3) is 0 Å². The minimum atomic E-state index is -2.87. The van der Waals surface area contributed by atoms with Crippen LogP contribution in [0.25, 0.3) is 0 Å². The summed E-state index contributed by atoms with van der Waals surface area (Å²) in [5.74, 6) is 0.397. The normalized spacial score (nSPS) is 16.4. The molecule has 9 heteroatoms. The molecule has 2 aromatic rings. The van der Waals surface area contributed by atoms with Crippen molar-refractivity contribution in [2.75, 3.05) is 18.9 Å². The van der Waals surface area contributed by atoms with Crippen LogP contribution in [0, 0.1) is 11.6 Å². The van der Waals surface area contributed by atoms with Crippen molar-refractivity contribution in [3.63, 3.8) is 0 Å². The monoisotopic (exact) mass is 512 g/mol. The van der Waals surface area contributed by atoms with Gasteiger partial charge in [-0.05, 0) is 73.6 Å². The van der Waals surface area contributed by atoms with Crippen molar-refractivity contribution in [2.45, 2.75) is 74.6 Å². The van der Waals surface area contributed by atoms with Gasteiger partial charge in [-0.15, -0.1) is 11.8 Å². The molecule has 0 bridgehead atoms. The first-order chi connectivity index (χ1) is 16.5. The second kappa shape index (κ2) is 14.3. The Morgan fingerprint density at radius 3 is 2.59 bits per heavy atom. The number of thioether (sulfide) groups is 1. The number of unbranched alkanes of at least 4 members (excludes halogenated alkanes) is 1. The first kappa shape index (κ1) is 27.3. The SMILES string of the molecule is O=[PH](O)OCCCNCc1cc(F)c(SCCCCC2(c3ccc(F)cc3)CCCCC2)cn1. The lowest BCUT2D eigenvalue weighted by Crippen LogP contribution is -2.29. The van der Waals surface area contributed by atoms with Gasteiger partial charge in [0.05, 0.1) is 17.2 Å². The van der Waals surface area contributed by atoms with E-state index in [2.05, 4.69) is 14.8 Å². The molecule has 1 unspecified atom stereocenters. The minimum Gasteiger partial charge on any atom is -0.326 e. The fourth-order valence-electron chi connectivity index (χ4n) is 4.70. The van der Waals surface area contributed by atoms with Gasteiger partial charge >= 0.3 is 8.25 Å². The van der Waals surface area contributed by atoms with E-state index in [1.54, 1.807) is 18.3 Å². The van der Waals surface area contributed by atoms with E-state index in [1.165, 1.54) is 42.7 Å². The summed E-state index contributed by atoms with van der Waals surface area (Å²) in [5, 5.41) is 3.12. The zero-order valence-electron chi connectivity index (χ0n) is 19.5. The van der Waals surface area contributed by atoms with Gasteiger partial charge < -0.3 is 14.7 Å². The number of nitrogens with one attached hydrogen (secondary N) is 1. The molecule has 0 aliphatic heterocycles. The molecule has 1 saturated carbocycles. The van der Waals surface area contributed by atoms with Crippen LogP contribution >= 0.6 is 20.0 Å². The Balaban J connectivity index is 1.40. The lowest BCUT2D eigenvalue weighted by Gasteiger charge is -2.38. The zero-order valence-corrected chi connectivity index (χ0v) is 21.3. The predicted octanol–water partition coefficient (Wildman–Crippen LogP) is 6.40. The van der Waals surface area contributed by atoms with Crippen LogP contribution in [-0.2, 0) is 21.0 Å². The van der Waals surface area contributed by atoms with Crippen LogP contribution in [0.4, 0.5) is 8.78 Å². The van der Waals surface area contributed by atoms with E-state index in [0.29, 0.717) is 30.1 Å². The third-order valence-electron chi connectivity index (χ3n) is 6.48. The van der Waals surface area contributed by atoms with Crippen molar-refractivity contribution in [3.05, 3.63) is 59.4 Å².